The van der Waals surface area contributed by atoms with Gasteiger partial charge in [0, 0.05) is 17.1 Å². The molecule has 0 aliphatic heterocycles. The normalized spacial score (nSPS) is 10.6. The van der Waals surface area contributed by atoms with E-state index in [1.165, 1.54) is 17.3 Å². The van der Waals surface area contributed by atoms with E-state index >= 15 is 0 Å². The number of benzene rings is 2. The van der Waals surface area contributed by atoms with E-state index in [4.69, 9.17) is 16.0 Å². The van der Waals surface area contributed by atoms with Gasteiger partial charge in [0.25, 0.3) is 5.22 Å². The number of aromatic nitrogens is 2. The smallest absolute Gasteiger partial charge is 0.277 e. The van der Waals surface area contributed by atoms with Crippen LogP contribution in [-0.2, 0) is 11.3 Å². The molecule has 0 bridgehead atoms. The van der Waals surface area contributed by atoms with Crippen LogP contribution in [0.5, 0.6) is 0 Å². The summed E-state index contributed by atoms with van der Waals surface area (Å²) in [5.74, 6) is 0.533. The average molecular weight is 374 g/mol. The van der Waals surface area contributed by atoms with Crippen LogP contribution in [-0.4, -0.2) is 21.9 Å². The van der Waals surface area contributed by atoms with Crippen molar-refractivity contribution in [2.45, 2.75) is 18.7 Å². The molecule has 1 heterocycles. The fourth-order valence-corrected chi connectivity index (χ4v) is 2.90. The summed E-state index contributed by atoms with van der Waals surface area (Å²) in [6.07, 6.45) is 0. The molecule has 5 nitrogen and oxygen atoms in total. The standard InChI is InChI=1S/C18H16ClN3O2S/c1-12-3-2-4-13(9-12)10-20-16(23)11-25-18-22-21-17(24-18)14-5-7-15(19)8-6-14/h2-9H,10-11H2,1H3,(H,20,23). The van der Waals surface area contributed by atoms with Crippen LogP contribution in [0.3, 0.4) is 0 Å². The molecule has 7 heteroatoms. The minimum Gasteiger partial charge on any atom is -0.411 e. The second kappa shape index (κ2) is 8.18. The maximum Gasteiger partial charge on any atom is 0.277 e. The average Bonchev–Trinajstić information content (AvgIpc) is 3.08. The highest BCUT2D eigenvalue weighted by molar-refractivity contribution is 7.99. The van der Waals surface area contributed by atoms with Crippen molar-refractivity contribution < 1.29 is 9.21 Å². The molecular weight excluding hydrogens is 358 g/mol. The first-order valence-electron chi connectivity index (χ1n) is 7.64. The summed E-state index contributed by atoms with van der Waals surface area (Å²) in [5, 5.41) is 11.8. The second-order valence-electron chi connectivity index (χ2n) is 5.43. The number of rotatable bonds is 6. The van der Waals surface area contributed by atoms with Crippen LogP contribution in [0.1, 0.15) is 11.1 Å². The van der Waals surface area contributed by atoms with Crippen molar-refractivity contribution >= 4 is 29.3 Å². The summed E-state index contributed by atoms with van der Waals surface area (Å²) in [7, 11) is 0. The van der Waals surface area contributed by atoms with Crippen LogP contribution in [0.15, 0.2) is 58.2 Å². The number of nitrogens with zero attached hydrogens (tertiary/aromatic N) is 2. The predicted octanol–water partition coefficient (Wildman–Crippen LogP) is 4.11. The Hall–Kier alpha value is -2.31. The van der Waals surface area contributed by atoms with Crippen molar-refractivity contribution in [2.75, 3.05) is 5.75 Å². The van der Waals surface area contributed by atoms with Crippen LogP contribution in [0.4, 0.5) is 0 Å². The molecule has 25 heavy (non-hydrogen) atoms. The minimum atomic E-state index is -0.0854. The Morgan fingerprint density at radius 1 is 1.20 bits per heavy atom. The lowest BCUT2D eigenvalue weighted by Gasteiger charge is -2.05. The second-order valence-corrected chi connectivity index (χ2v) is 6.80. The first-order valence-corrected chi connectivity index (χ1v) is 9.01. The molecule has 0 unspecified atom stereocenters. The molecule has 0 aliphatic carbocycles. The maximum atomic E-state index is 12.0. The zero-order chi connectivity index (χ0) is 17.6. The highest BCUT2D eigenvalue weighted by Gasteiger charge is 2.11. The summed E-state index contributed by atoms with van der Waals surface area (Å²) in [4.78, 5) is 12.0. The topological polar surface area (TPSA) is 68.0 Å². The summed E-state index contributed by atoms with van der Waals surface area (Å²) in [5.41, 5.74) is 3.02. The molecule has 1 N–H and O–H groups in total. The van der Waals surface area contributed by atoms with Gasteiger partial charge in [0.2, 0.25) is 11.8 Å². The summed E-state index contributed by atoms with van der Waals surface area (Å²) in [6.45, 7) is 2.52. The Kier molecular flexibility index (Phi) is 5.73. The number of amides is 1. The Morgan fingerprint density at radius 2 is 2.00 bits per heavy atom. The van der Waals surface area contributed by atoms with Gasteiger partial charge in [-0.25, -0.2) is 0 Å². The number of carbonyl (C=O) groups is 1. The molecule has 0 saturated heterocycles. The molecule has 128 valence electrons. The van der Waals surface area contributed by atoms with Crippen molar-refractivity contribution in [3.05, 3.63) is 64.7 Å². The largest absolute Gasteiger partial charge is 0.411 e. The summed E-state index contributed by atoms with van der Waals surface area (Å²) in [6, 6.07) is 15.1. The molecule has 2 aromatic carbocycles. The monoisotopic (exact) mass is 373 g/mol. The van der Waals surface area contributed by atoms with Crippen molar-refractivity contribution in [3.63, 3.8) is 0 Å². The lowest BCUT2D eigenvalue weighted by Crippen LogP contribution is -2.24. The van der Waals surface area contributed by atoms with Crippen molar-refractivity contribution in [2.24, 2.45) is 0 Å². The van der Waals surface area contributed by atoms with E-state index in [1.807, 2.05) is 31.2 Å². The van der Waals surface area contributed by atoms with Gasteiger partial charge in [-0.3, -0.25) is 4.79 Å². The number of aryl methyl sites for hydroxylation is 1. The Morgan fingerprint density at radius 3 is 2.76 bits per heavy atom. The Labute approximate surface area is 154 Å². The molecule has 1 aromatic heterocycles. The van der Waals surface area contributed by atoms with Gasteiger partial charge in [0.15, 0.2) is 0 Å². The minimum absolute atomic E-state index is 0.0854. The van der Waals surface area contributed by atoms with E-state index in [0.717, 1.165) is 11.1 Å². The zero-order valence-electron chi connectivity index (χ0n) is 13.5. The van der Waals surface area contributed by atoms with Crippen LogP contribution < -0.4 is 5.32 Å². The summed E-state index contributed by atoms with van der Waals surface area (Å²) >= 11 is 7.06. The fraction of sp³-hybridized carbons (Fsp3) is 0.167. The van der Waals surface area contributed by atoms with E-state index in [0.29, 0.717) is 22.7 Å². The van der Waals surface area contributed by atoms with Gasteiger partial charge in [0.1, 0.15) is 0 Å². The molecule has 0 spiro atoms. The van der Waals surface area contributed by atoms with Gasteiger partial charge < -0.3 is 9.73 Å². The van der Waals surface area contributed by atoms with Gasteiger partial charge in [-0.05, 0) is 36.8 Å². The van der Waals surface area contributed by atoms with Gasteiger partial charge >= 0.3 is 0 Å². The van der Waals surface area contributed by atoms with E-state index in [-0.39, 0.29) is 11.7 Å². The van der Waals surface area contributed by atoms with Crippen LogP contribution in [0.25, 0.3) is 11.5 Å². The number of carbonyl (C=O) groups excluding carboxylic acids is 1. The first kappa shape index (κ1) is 17.5. The van der Waals surface area contributed by atoms with Crippen molar-refractivity contribution in [1.82, 2.24) is 15.5 Å². The molecular formula is C18H16ClN3O2S. The van der Waals surface area contributed by atoms with Crippen molar-refractivity contribution in [1.29, 1.82) is 0 Å². The fourth-order valence-electron chi connectivity index (χ4n) is 2.18. The van der Waals surface area contributed by atoms with E-state index in [1.54, 1.807) is 24.3 Å². The third-order valence-corrected chi connectivity index (χ3v) is 4.47. The van der Waals surface area contributed by atoms with Crippen molar-refractivity contribution in [3.8, 4) is 11.5 Å². The van der Waals surface area contributed by atoms with E-state index in [2.05, 4.69) is 15.5 Å². The molecule has 0 saturated carbocycles. The molecule has 0 radical (unpaired) electrons. The lowest BCUT2D eigenvalue weighted by atomic mass is 10.1. The molecule has 1 amide bonds. The molecule has 3 rings (SSSR count). The lowest BCUT2D eigenvalue weighted by molar-refractivity contribution is -0.118. The molecule has 0 aliphatic rings. The van der Waals surface area contributed by atoms with Gasteiger partial charge in [-0.2, -0.15) is 0 Å². The van der Waals surface area contributed by atoms with Crippen LogP contribution >= 0.6 is 23.4 Å². The van der Waals surface area contributed by atoms with Gasteiger partial charge in [-0.15, -0.1) is 10.2 Å². The number of nitrogens with one attached hydrogen (secondary N) is 1. The summed E-state index contributed by atoms with van der Waals surface area (Å²) < 4.78 is 5.56. The van der Waals surface area contributed by atoms with Gasteiger partial charge in [0.05, 0.1) is 5.75 Å². The quantitative estimate of drug-likeness (QED) is 0.658. The van der Waals surface area contributed by atoms with Crippen LogP contribution in [0.2, 0.25) is 5.02 Å². The number of hydrogen-bond donors (Lipinski definition) is 1. The third-order valence-electron chi connectivity index (χ3n) is 3.40. The van der Waals surface area contributed by atoms with Gasteiger partial charge in [-0.1, -0.05) is 53.2 Å². The number of hydrogen-bond acceptors (Lipinski definition) is 5. The molecule has 0 fully saturated rings. The third kappa shape index (κ3) is 5.08. The first-order chi connectivity index (χ1) is 12.1. The predicted molar refractivity (Wildman–Crippen MR) is 98.5 cm³/mol. The Bertz CT molecular complexity index is 865. The SMILES string of the molecule is Cc1cccc(CNC(=O)CSc2nnc(-c3ccc(Cl)cc3)o2)c1. The number of halogens is 1. The maximum absolute atomic E-state index is 12.0. The number of thioether (sulfide) groups is 1. The van der Waals surface area contributed by atoms with Crippen LogP contribution in [0, 0.1) is 6.92 Å². The molecule has 3 aromatic rings. The molecule has 0 atom stereocenters. The zero-order valence-corrected chi connectivity index (χ0v) is 15.1. The highest BCUT2D eigenvalue weighted by atomic mass is 35.5. The Balaban J connectivity index is 1.50. The van der Waals surface area contributed by atoms with E-state index < -0.39 is 0 Å². The van der Waals surface area contributed by atoms with E-state index in [9.17, 15) is 4.79 Å². The highest BCUT2D eigenvalue weighted by Crippen LogP contribution is 2.24.